The van der Waals surface area contributed by atoms with Crippen molar-refractivity contribution in [1.82, 2.24) is 4.98 Å². The van der Waals surface area contributed by atoms with E-state index in [4.69, 9.17) is 5.11 Å². The van der Waals surface area contributed by atoms with Crippen LogP contribution in [-0.4, -0.2) is 36.1 Å². The van der Waals surface area contributed by atoms with Gasteiger partial charge in [0, 0.05) is 31.5 Å². The summed E-state index contributed by atoms with van der Waals surface area (Å²) in [4.78, 5) is 16.9. The molecule has 1 aliphatic heterocycles. The third-order valence-corrected chi connectivity index (χ3v) is 3.10. The predicted molar refractivity (Wildman–Crippen MR) is 61.6 cm³/mol. The van der Waals surface area contributed by atoms with Crippen molar-refractivity contribution in [1.29, 1.82) is 0 Å². The number of carbonyl (C=O) groups is 1. The van der Waals surface area contributed by atoms with Gasteiger partial charge in [0.2, 0.25) is 0 Å². The van der Waals surface area contributed by atoms with E-state index in [1.165, 1.54) is 0 Å². The number of aliphatic hydroxyl groups excluding tert-OH is 1. The molecule has 1 fully saturated rings. The number of hydrogen-bond acceptors (Lipinski definition) is 4. The first kappa shape index (κ1) is 11.1. The summed E-state index contributed by atoms with van der Waals surface area (Å²) in [6, 6.07) is 3.66. The molecular weight excluding hydrogens is 204 g/mol. The van der Waals surface area contributed by atoms with E-state index in [1.807, 2.05) is 6.07 Å². The topological polar surface area (TPSA) is 53.4 Å². The highest BCUT2D eigenvalue weighted by Crippen LogP contribution is 2.21. The lowest BCUT2D eigenvalue weighted by Crippen LogP contribution is -2.35. The smallest absolute Gasteiger partial charge is 0.151 e. The molecule has 0 saturated carbocycles. The molecule has 1 aromatic heterocycles. The summed E-state index contributed by atoms with van der Waals surface area (Å²) in [7, 11) is 0. The lowest BCUT2D eigenvalue weighted by atomic mass is 9.98. The van der Waals surface area contributed by atoms with Gasteiger partial charge in [-0.1, -0.05) is 0 Å². The summed E-state index contributed by atoms with van der Waals surface area (Å²) in [6.45, 7) is 2.14. The van der Waals surface area contributed by atoms with Crippen molar-refractivity contribution in [3.05, 3.63) is 23.9 Å². The van der Waals surface area contributed by atoms with Crippen LogP contribution in [0.15, 0.2) is 18.3 Å². The highest BCUT2D eigenvalue weighted by Gasteiger charge is 2.19. The molecule has 4 nitrogen and oxygen atoms in total. The van der Waals surface area contributed by atoms with Gasteiger partial charge in [-0.05, 0) is 30.9 Å². The van der Waals surface area contributed by atoms with Gasteiger partial charge in [0.1, 0.15) is 5.82 Å². The second-order valence-corrected chi connectivity index (χ2v) is 4.18. The van der Waals surface area contributed by atoms with Crippen LogP contribution in [0.4, 0.5) is 5.82 Å². The Morgan fingerprint density at radius 3 is 2.69 bits per heavy atom. The van der Waals surface area contributed by atoms with Gasteiger partial charge in [-0.15, -0.1) is 0 Å². The van der Waals surface area contributed by atoms with Crippen LogP contribution in [0.1, 0.15) is 23.2 Å². The molecule has 2 heterocycles. The largest absolute Gasteiger partial charge is 0.396 e. The molecule has 86 valence electrons. The number of carbonyl (C=O) groups excluding carboxylic acids is 1. The van der Waals surface area contributed by atoms with Crippen LogP contribution in [0.2, 0.25) is 0 Å². The second kappa shape index (κ2) is 5.07. The number of hydrogen-bond donors (Lipinski definition) is 1. The van der Waals surface area contributed by atoms with Crippen LogP contribution in [0.25, 0.3) is 0 Å². The van der Waals surface area contributed by atoms with Crippen LogP contribution in [-0.2, 0) is 0 Å². The monoisotopic (exact) mass is 220 g/mol. The number of rotatable bonds is 3. The third-order valence-electron chi connectivity index (χ3n) is 3.10. The van der Waals surface area contributed by atoms with Crippen molar-refractivity contribution in [2.45, 2.75) is 12.8 Å². The van der Waals surface area contributed by atoms with Crippen molar-refractivity contribution < 1.29 is 9.90 Å². The molecule has 1 aliphatic rings. The van der Waals surface area contributed by atoms with E-state index in [2.05, 4.69) is 9.88 Å². The van der Waals surface area contributed by atoms with E-state index in [1.54, 1.807) is 12.3 Å². The van der Waals surface area contributed by atoms with E-state index in [0.29, 0.717) is 11.5 Å². The van der Waals surface area contributed by atoms with E-state index in [0.717, 1.165) is 38.0 Å². The number of aromatic nitrogens is 1. The van der Waals surface area contributed by atoms with Gasteiger partial charge in [0.25, 0.3) is 0 Å². The summed E-state index contributed by atoms with van der Waals surface area (Å²) in [6.07, 6.45) is 4.41. The summed E-state index contributed by atoms with van der Waals surface area (Å²) in [5, 5.41) is 9.04. The molecule has 0 unspecified atom stereocenters. The van der Waals surface area contributed by atoms with Crippen molar-refractivity contribution in [2.24, 2.45) is 5.92 Å². The Morgan fingerprint density at radius 1 is 1.44 bits per heavy atom. The number of aliphatic hydroxyl groups is 1. The minimum absolute atomic E-state index is 0.283. The van der Waals surface area contributed by atoms with Crippen molar-refractivity contribution in [3.8, 4) is 0 Å². The van der Waals surface area contributed by atoms with E-state index < -0.39 is 0 Å². The average molecular weight is 220 g/mol. The number of pyridine rings is 1. The maximum Gasteiger partial charge on any atom is 0.151 e. The lowest BCUT2D eigenvalue weighted by Gasteiger charge is -2.31. The first-order chi connectivity index (χ1) is 7.83. The Kier molecular flexibility index (Phi) is 3.51. The third kappa shape index (κ3) is 2.39. The average Bonchev–Trinajstić information content (AvgIpc) is 2.39. The number of aldehydes is 1. The molecule has 0 aromatic carbocycles. The standard InChI is InChI=1S/C12H16N2O2/c15-8-10-3-5-14(6-4-10)12-2-1-11(9-16)7-13-12/h1-2,7,9-10,15H,3-6,8H2. The predicted octanol–water partition coefficient (Wildman–Crippen LogP) is 1.10. The molecule has 1 aromatic rings. The number of anilines is 1. The van der Waals surface area contributed by atoms with Gasteiger partial charge in [0.05, 0.1) is 0 Å². The normalized spacial score (nSPS) is 17.4. The fraction of sp³-hybridized carbons (Fsp3) is 0.500. The first-order valence-corrected chi connectivity index (χ1v) is 5.60. The maximum absolute atomic E-state index is 10.5. The minimum Gasteiger partial charge on any atom is -0.396 e. The molecular formula is C12H16N2O2. The zero-order valence-electron chi connectivity index (χ0n) is 9.17. The summed E-state index contributed by atoms with van der Waals surface area (Å²) >= 11 is 0. The Balaban J connectivity index is 1.99. The Bertz CT molecular complexity index is 343. The zero-order valence-corrected chi connectivity index (χ0v) is 9.17. The zero-order chi connectivity index (χ0) is 11.4. The molecule has 0 spiro atoms. The Morgan fingerprint density at radius 2 is 2.19 bits per heavy atom. The number of nitrogens with zero attached hydrogens (tertiary/aromatic N) is 2. The van der Waals surface area contributed by atoms with Crippen LogP contribution in [0.3, 0.4) is 0 Å². The van der Waals surface area contributed by atoms with E-state index >= 15 is 0 Å². The van der Waals surface area contributed by atoms with Crippen molar-refractivity contribution in [2.75, 3.05) is 24.6 Å². The van der Waals surface area contributed by atoms with Crippen LogP contribution < -0.4 is 4.90 Å². The highest BCUT2D eigenvalue weighted by atomic mass is 16.3. The molecule has 0 radical (unpaired) electrons. The van der Waals surface area contributed by atoms with Gasteiger partial charge in [-0.25, -0.2) is 4.98 Å². The van der Waals surface area contributed by atoms with Gasteiger partial charge in [-0.2, -0.15) is 0 Å². The second-order valence-electron chi connectivity index (χ2n) is 4.18. The van der Waals surface area contributed by atoms with Crippen molar-refractivity contribution in [3.63, 3.8) is 0 Å². The molecule has 0 atom stereocenters. The Labute approximate surface area is 94.9 Å². The van der Waals surface area contributed by atoms with E-state index in [9.17, 15) is 4.79 Å². The SMILES string of the molecule is O=Cc1ccc(N2CCC(CO)CC2)nc1. The molecule has 16 heavy (non-hydrogen) atoms. The molecule has 2 rings (SSSR count). The molecule has 1 N–H and O–H groups in total. The molecule has 1 saturated heterocycles. The van der Waals surface area contributed by atoms with Gasteiger partial charge in [0.15, 0.2) is 6.29 Å². The Hall–Kier alpha value is -1.42. The fourth-order valence-electron chi connectivity index (χ4n) is 2.00. The fourth-order valence-corrected chi connectivity index (χ4v) is 2.00. The molecule has 0 aliphatic carbocycles. The van der Waals surface area contributed by atoms with E-state index in [-0.39, 0.29) is 6.61 Å². The maximum atomic E-state index is 10.5. The highest BCUT2D eigenvalue weighted by molar-refractivity contribution is 5.74. The number of piperidine rings is 1. The minimum atomic E-state index is 0.283. The summed E-state index contributed by atoms with van der Waals surface area (Å²) in [5.41, 5.74) is 0.606. The first-order valence-electron chi connectivity index (χ1n) is 5.60. The van der Waals surface area contributed by atoms with Crippen LogP contribution in [0.5, 0.6) is 0 Å². The van der Waals surface area contributed by atoms with Gasteiger partial charge in [-0.3, -0.25) is 4.79 Å². The molecule has 4 heteroatoms. The summed E-state index contributed by atoms with van der Waals surface area (Å²) in [5.74, 6) is 1.35. The van der Waals surface area contributed by atoms with Crippen LogP contribution >= 0.6 is 0 Å². The van der Waals surface area contributed by atoms with Crippen molar-refractivity contribution >= 4 is 12.1 Å². The molecule has 0 amide bonds. The molecule has 0 bridgehead atoms. The summed E-state index contributed by atoms with van der Waals surface area (Å²) < 4.78 is 0. The van der Waals surface area contributed by atoms with Gasteiger partial charge < -0.3 is 10.0 Å². The lowest BCUT2D eigenvalue weighted by molar-refractivity contribution is 0.112. The quantitative estimate of drug-likeness (QED) is 0.775. The van der Waals surface area contributed by atoms with Crippen LogP contribution in [0, 0.1) is 5.92 Å². The van der Waals surface area contributed by atoms with Gasteiger partial charge >= 0.3 is 0 Å².